The molecule has 0 aliphatic carbocycles. The number of rotatable bonds is 13. The van der Waals surface area contributed by atoms with Crippen molar-refractivity contribution < 1.29 is 19.1 Å². The number of H-pyrrole nitrogens is 2. The van der Waals surface area contributed by atoms with Crippen molar-refractivity contribution in [3.63, 3.8) is 0 Å². The van der Waals surface area contributed by atoms with Gasteiger partial charge in [-0.2, -0.15) is 0 Å². The maximum atomic E-state index is 12.0. The molecular weight excluding hydrogens is 414 g/mol. The average molecular weight is 441 g/mol. The Bertz CT molecular complexity index is 900. The Kier molecular flexibility index (Phi) is 8.63. The highest BCUT2D eigenvalue weighted by Gasteiger charge is 2.08. The molecule has 3 rings (SSSR count). The van der Waals surface area contributed by atoms with Gasteiger partial charge < -0.3 is 35.8 Å². The van der Waals surface area contributed by atoms with Crippen LogP contribution < -0.4 is 25.8 Å². The summed E-state index contributed by atoms with van der Waals surface area (Å²) >= 11 is 0. The Hall–Kier alpha value is -3.86. The standard InChI is InChI=1S/C21H27N7O4/c22-8-15-5-18(31-11-20(29)25-3-1-16-9-23-13-27-16)7-19(6-15)32-12-21(30)26-4-2-17-10-24-14-28-17/h5-7,9-10,13-14H,1-4,8,11-12,22H2,(H,23,27)(H,24,28)(H,25,29)(H,26,30). The number of nitrogens with one attached hydrogen (secondary N) is 4. The molecule has 0 aliphatic heterocycles. The van der Waals surface area contributed by atoms with Crippen LogP contribution in [0.4, 0.5) is 0 Å². The van der Waals surface area contributed by atoms with Gasteiger partial charge in [-0.15, -0.1) is 0 Å². The number of amides is 2. The van der Waals surface area contributed by atoms with E-state index in [2.05, 4.69) is 30.6 Å². The summed E-state index contributed by atoms with van der Waals surface area (Å²) in [6.07, 6.45) is 7.90. The van der Waals surface area contributed by atoms with E-state index in [0.717, 1.165) is 17.0 Å². The summed E-state index contributed by atoms with van der Waals surface area (Å²) in [5.41, 5.74) is 8.38. The molecule has 1 aromatic carbocycles. The van der Waals surface area contributed by atoms with Crippen LogP contribution in [0.15, 0.2) is 43.2 Å². The van der Waals surface area contributed by atoms with Crippen LogP contribution in [-0.2, 0) is 29.0 Å². The van der Waals surface area contributed by atoms with Gasteiger partial charge in [-0.3, -0.25) is 9.59 Å². The molecule has 0 radical (unpaired) electrons. The van der Waals surface area contributed by atoms with Gasteiger partial charge in [-0.25, -0.2) is 9.97 Å². The lowest BCUT2D eigenvalue weighted by Gasteiger charge is -2.12. The number of ether oxygens (including phenoxy) is 2. The number of aromatic nitrogens is 4. The van der Waals surface area contributed by atoms with E-state index in [9.17, 15) is 9.59 Å². The van der Waals surface area contributed by atoms with Crippen LogP contribution in [0.25, 0.3) is 0 Å². The third-order valence-electron chi connectivity index (χ3n) is 4.46. The molecule has 0 atom stereocenters. The number of hydrogen-bond acceptors (Lipinski definition) is 7. The van der Waals surface area contributed by atoms with Crippen LogP contribution in [0.3, 0.4) is 0 Å². The molecule has 0 saturated carbocycles. The van der Waals surface area contributed by atoms with Crippen molar-refractivity contribution in [2.75, 3.05) is 26.3 Å². The zero-order chi connectivity index (χ0) is 22.6. The van der Waals surface area contributed by atoms with E-state index in [1.165, 1.54) is 0 Å². The van der Waals surface area contributed by atoms with E-state index in [-0.39, 0.29) is 31.6 Å². The topological polar surface area (TPSA) is 160 Å². The molecule has 0 spiro atoms. The molecule has 2 amide bonds. The lowest BCUT2D eigenvalue weighted by Crippen LogP contribution is -2.31. The molecule has 2 aromatic heterocycles. The molecule has 3 aromatic rings. The molecule has 0 fully saturated rings. The van der Waals surface area contributed by atoms with Crippen LogP contribution in [0, 0.1) is 0 Å². The smallest absolute Gasteiger partial charge is 0.257 e. The van der Waals surface area contributed by atoms with Crippen LogP contribution >= 0.6 is 0 Å². The van der Waals surface area contributed by atoms with Crippen LogP contribution in [0.2, 0.25) is 0 Å². The fourth-order valence-electron chi connectivity index (χ4n) is 2.83. The molecule has 0 aliphatic rings. The second-order valence-corrected chi connectivity index (χ2v) is 6.95. The summed E-state index contributed by atoms with van der Waals surface area (Å²) in [7, 11) is 0. The lowest BCUT2D eigenvalue weighted by atomic mass is 10.2. The Labute approximate surface area is 185 Å². The molecule has 32 heavy (non-hydrogen) atoms. The summed E-state index contributed by atoms with van der Waals surface area (Å²) in [5, 5.41) is 5.55. The summed E-state index contributed by atoms with van der Waals surface area (Å²) in [6, 6.07) is 5.08. The van der Waals surface area contributed by atoms with Gasteiger partial charge in [-0.1, -0.05) is 0 Å². The van der Waals surface area contributed by atoms with Crippen LogP contribution in [0.5, 0.6) is 11.5 Å². The van der Waals surface area contributed by atoms with Gasteiger partial charge in [-0.05, 0) is 17.7 Å². The molecule has 2 heterocycles. The first-order valence-corrected chi connectivity index (χ1v) is 10.2. The highest BCUT2D eigenvalue weighted by Crippen LogP contribution is 2.23. The average Bonchev–Trinajstić information content (AvgIpc) is 3.51. The predicted octanol–water partition coefficient (Wildman–Crippen LogP) is 0.0669. The fourth-order valence-corrected chi connectivity index (χ4v) is 2.83. The fraction of sp³-hybridized carbons (Fsp3) is 0.333. The quantitative estimate of drug-likeness (QED) is 0.251. The monoisotopic (exact) mass is 441 g/mol. The zero-order valence-electron chi connectivity index (χ0n) is 17.6. The molecular formula is C21H27N7O4. The minimum atomic E-state index is -0.248. The normalized spacial score (nSPS) is 10.5. The van der Waals surface area contributed by atoms with Gasteiger partial charge in [0.15, 0.2) is 13.2 Å². The number of nitrogens with zero attached hydrogens (tertiary/aromatic N) is 2. The minimum Gasteiger partial charge on any atom is -0.484 e. The number of benzene rings is 1. The lowest BCUT2D eigenvalue weighted by molar-refractivity contribution is -0.123. The van der Waals surface area contributed by atoms with Gasteiger partial charge in [0, 0.05) is 62.3 Å². The maximum Gasteiger partial charge on any atom is 0.257 e. The van der Waals surface area contributed by atoms with Crippen molar-refractivity contribution in [1.29, 1.82) is 0 Å². The first-order valence-electron chi connectivity index (χ1n) is 10.2. The van der Waals surface area contributed by atoms with E-state index in [0.29, 0.717) is 37.4 Å². The van der Waals surface area contributed by atoms with Crippen molar-refractivity contribution in [3.05, 3.63) is 60.2 Å². The predicted molar refractivity (Wildman–Crippen MR) is 116 cm³/mol. The summed E-state index contributed by atoms with van der Waals surface area (Å²) in [6.45, 7) is 0.906. The Balaban J connectivity index is 1.41. The molecule has 11 heteroatoms. The van der Waals surface area contributed by atoms with Crippen molar-refractivity contribution in [3.8, 4) is 11.5 Å². The number of nitrogens with two attached hydrogens (primary N) is 1. The molecule has 6 N–H and O–H groups in total. The highest BCUT2D eigenvalue weighted by atomic mass is 16.5. The number of hydrogen-bond donors (Lipinski definition) is 5. The summed E-state index contributed by atoms with van der Waals surface area (Å²) < 4.78 is 11.1. The number of imidazole rings is 2. The van der Waals surface area contributed by atoms with Gasteiger partial charge in [0.25, 0.3) is 11.8 Å². The number of carbonyl (C=O) groups is 2. The molecule has 11 nitrogen and oxygen atoms in total. The van der Waals surface area contributed by atoms with Gasteiger partial charge in [0.05, 0.1) is 12.7 Å². The van der Waals surface area contributed by atoms with Crippen LogP contribution in [0.1, 0.15) is 17.0 Å². The zero-order valence-corrected chi connectivity index (χ0v) is 17.6. The van der Waals surface area contributed by atoms with E-state index in [4.69, 9.17) is 15.2 Å². The molecule has 170 valence electrons. The van der Waals surface area contributed by atoms with E-state index in [1.807, 2.05) is 0 Å². The van der Waals surface area contributed by atoms with E-state index in [1.54, 1.807) is 43.2 Å². The molecule has 0 saturated heterocycles. The Morgan fingerprint density at radius 2 is 1.34 bits per heavy atom. The van der Waals surface area contributed by atoms with Gasteiger partial charge >= 0.3 is 0 Å². The number of carbonyl (C=O) groups excluding carboxylic acids is 2. The largest absolute Gasteiger partial charge is 0.484 e. The van der Waals surface area contributed by atoms with E-state index >= 15 is 0 Å². The summed E-state index contributed by atoms with van der Waals surface area (Å²) in [4.78, 5) is 37.8. The third-order valence-corrected chi connectivity index (χ3v) is 4.46. The van der Waals surface area contributed by atoms with Gasteiger partial charge in [0.1, 0.15) is 11.5 Å². The van der Waals surface area contributed by atoms with Gasteiger partial charge in [0.2, 0.25) is 0 Å². The van der Waals surface area contributed by atoms with Crippen molar-refractivity contribution in [2.24, 2.45) is 5.73 Å². The third kappa shape index (κ3) is 7.76. The molecule has 0 unspecified atom stereocenters. The first kappa shape index (κ1) is 22.8. The van der Waals surface area contributed by atoms with Crippen molar-refractivity contribution in [2.45, 2.75) is 19.4 Å². The SMILES string of the molecule is NCc1cc(OCC(=O)NCCc2cnc[nH]2)cc(OCC(=O)NCCc2cnc[nH]2)c1. The first-order chi connectivity index (χ1) is 15.6. The number of aromatic amines is 2. The summed E-state index contributed by atoms with van der Waals surface area (Å²) in [5.74, 6) is 0.376. The second kappa shape index (κ2) is 12.1. The van der Waals surface area contributed by atoms with Crippen molar-refractivity contribution in [1.82, 2.24) is 30.6 Å². The molecule has 0 bridgehead atoms. The van der Waals surface area contributed by atoms with Crippen molar-refractivity contribution >= 4 is 11.8 Å². The van der Waals surface area contributed by atoms with E-state index < -0.39 is 0 Å². The minimum absolute atomic E-state index is 0.148. The van der Waals surface area contributed by atoms with Crippen LogP contribution in [-0.4, -0.2) is 58.1 Å². The second-order valence-electron chi connectivity index (χ2n) is 6.95. The highest BCUT2D eigenvalue weighted by molar-refractivity contribution is 5.78. The Morgan fingerprint density at radius 1 is 0.844 bits per heavy atom. The Morgan fingerprint density at radius 3 is 1.75 bits per heavy atom. The maximum absolute atomic E-state index is 12.0.